The van der Waals surface area contributed by atoms with Crippen LogP contribution in [0.2, 0.25) is 0 Å². The lowest BCUT2D eigenvalue weighted by Crippen LogP contribution is -2.26. The van der Waals surface area contributed by atoms with Crippen molar-refractivity contribution in [3.8, 4) is 0 Å². The summed E-state index contributed by atoms with van der Waals surface area (Å²) >= 11 is 1.71. The Hall–Kier alpha value is -1.75. The number of benzene rings is 1. The zero-order chi connectivity index (χ0) is 18.4. The Morgan fingerprint density at radius 1 is 1.00 bits per heavy atom. The zero-order valence-electron chi connectivity index (χ0n) is 16.3. The van der Waals surface area contributed by atoms with Crippen molar-refractivity contribution in [1.29, 1.82) is 0 Å². The van der Waals surface area contributed by atoms with E-state index in [1.165, 1.54) is 16.7 Å². The lowest BCUT2D eigenvalue weighted by Gasteiger charge is -2.25. The normalized spacial score (nSPS) is 10.8. The second-order valence-electron chi connectivity index (χ2n) is 6.46. The lowest BCUT2D eigenvalue weighted by atomic mass is 10.1. The molecule has 0 amide bonds. The molecule has 0 radical (unpaired) electrons. The van der Waals surface area contributed by atoms with E-state index in [-0.39, 0.29) is 0 Å². The van der Waals surface area contributed by atoms with Crippen LogP contribution in [0, 0.1) is 20.8 Å². The van der Waals surface area contributed by atoms with Gasteiger partial charge in [0.25, 0.3) is 0 Å². The lowest BCUT2D eigenvalue weighted by molar-refractivity contribution is 0.725. The van der Waals surface area contributed by atoms with E-state index < -0.39 is 0 Å². The van der Waals surface area contributed by atoms with E-state index in [0.29, 0.717) is 0 Å². The smallest absolute Gasteiger partial charge is 0.149 e. The van der Waals surface area contributed by atoms with Gasteiger partial charge in [0.05, 0.1) is 4.90 Å². The van der Waals surface area contributed by atoms with Crippen LogP contribution in [-0.4, -0.2) is 29.3 Å². The standard InChI is InChI=1S/C20H30N4S/c1-7-9-24(10-8-2)20-18(25-6)19(21-13-22-20)23-17-15(4)11-14(3)12-16(17)5/h11-13H,7-10H2,1-6H3,(H,21,22,23). The molecule has 0 aliphatic rings. The molecule has 0 aliphatic heterocycles. The molecular formula is C20H30N4S. The zero-order valence-corrected chi connectivity index (χ0v) is 17.1. The highest BCUT2D eigenvalue weighted by atomic mass is 32.2. The molecule has 2 rings (SSSR count). The summed E-state index contributed by atoms with van der Waals surface area (Å²) in [4.78, 5) is 12.6. The Morgan fingerprint density at radius 3 is 2.12 bits per heavy atom. The van der Waals surface area contributed by atoms with Gasteiger partial charge in [-0.05, 0) is 51.0 Å². The van der Waals surface area contributed by atoms with Gasteiger partial charge in [-0.25, -0.2) is 9.97 Å². The van der Waals surface area contributed by atoms with E-state index in [9.17, 15) is 0 Å². The van der Waals surface area contributed by atoms with Crippen molar-refractivity contribution in [3.05, 3.63) is 35.2 Å². The summed E-state index contributed by atoms with van der Waals surface area (Å²) in [6.07, 6.45) is 5.99. The van der Waals surface area contributed by atoms with Gasteiger partial charge in [-0.2, -0.15) is 0 Å². The third kappa shape index (κ3) is 4.66. The summed E-state index contributed by atoms with van der Waals surface area (Å²) < 4.78 is 0. The van der Waals surface area contributed by atoms with Crippen LogP contribution in [0.3, 0.4) is 0 Å². The molecule has 0 atom stereocenters. The number of nitrogens with one attached hydrogen (secondary N) is 1. The molecule has 0 fully saturated rings. The highest BCUT2D eigenvalue weighted by Crippen LogP contribution is 2.35. The van der Waals surface area contributed by atoms with Crippen LogP contribution < -0.4 is 10.2 Å². The average Bonchev–Trinajstić information content (AvgIpc) is 2.57. The van der Waals surface area contributed by atoms with Crippen molar-refractivity contribution in [3.63, 3.8) is 0 Å². The van der Waals surface area contributed by atoms with Crippen LogP contribution >= 0.6 is 11.8 Å². The maximum atomic E-state index is 4.60. The number of hydrogen-bond acceptors (Lipinski definition) is 5. The van der Waals surface area contributed by atoms with E-state index in [1.807, 2.05) is 0 Å². The SMILES string of the molecule is CCCN(CCC)c1ncnc(Nc2c(C)cc(C)cc2C)c1SC. The summed E-state index contributed by atoms with van der Waals surface area (Å²) in [6.45, 7) is 12.9. The number of aromatic nitrogens is 2. The summed E-state index contributed by atoms with van der Waals surface area (Å²) in [5.41, 5.74) is 4.90. The summed E-state index contributed by atoms with van der Waals surface area (Å²) in [5.74, 6) is 1.93. The Labute approximate surface area is 156 Å². The fourth-order valence-electron chi connectivity index (χ4n) is 3.23. The molecule has 0 unspecified atom stereocenters. The number of nitrogens with zero attached hydrogens (tertiary/aromatic N) is 3. The van der Waals surface area contributed by atoms with Crippen LogP contribution in [0.5, 0.6) is 0 Å². The Kier molecular flexibility index (Phi) is 7.12. The maximum Gasteiger partial charge on any atom is 0.149 e. The maximum absolute atomic E-state index is 4.60. The number of hydrogen-bond donors (Lipinski definition) is 1. The first kappa shape index (κ1) is 19.6. The minimum Gasteiger partial charge on any atom is -0.356 e. The summed E-state index contributed by atoms with van der Waals surface area (Å²) in [5, 5.41) is 3.57. The molecule has 136 valence electrons. The number of anilines is 3. The molecule has 0 spiro atoms. The van der Waals surface area contributed by atoms with Gasteiger partial charge in [0.1, 0.15) is 18.0 Å². The van der Waals surface area contributed by atoms with Crippen molar-refractivity contribution >= 4 is 29.1 Å². The molecule has 0 bridgehead atoms. The second kappa shape index (κ2) is 9.09. The first-order chi connectivity index (χ1) is 12.0. The molecule has 0 aliphatic carbocycles. The van der Waals surface area contributed by atoms with Gasteiger partial charge in [0, 0.05) is 18.8 Å². The molecule has 4 nitrogen and oxygen atoms in total. The molecule has 1 aromatic heterocycles. The molecule has 1 N–H and O–H groups in total. The van der Waals surface area contributed by atoms with Crippen molar-refractivity contribution in [2.24, 2.45) is 0 Å². The average molecular weight is 359 g/mol. The van der Waals surface area contributed by atoms with Crippen molar-refractivity contribution in [1.82, 2.24) is 9.97 Å². The second-order valence-corrected chi connectivity index (χ2v) is 7.28. The molecule has 1 aromatic carbocycles. The van der Waals surface area contributed by atoms with Gasteiger partial charge in [-0.1, -0.05) is 31.5 Å². The fourth-order valence-corrected chi connectivity index (χ4v) is 3.89. The Bertz CT molecular complexity index is 686. The first-order valence-electron chi connectivity index (χ1n) is 9.00. The molecule has 2 aromatic rings. The Balaban J connectivity index is 2.44. The van der Waals surface area contributed by atoms with Crippen LogP contribution in [0.4, 0.5) is 17.3 Å². The summed E-state index contributed by atoms with van der Waals surface area (Å²) in [7, 11) is 0. The van der Waals surface area contributed by atoms with Crippen molar-refractivity contribution in [2.75, 3.05) is 29.6 Å². The van der Waals surface area contributed by atoms with Gasteiger partial charge in [0.2, 0.25) is 0 Å². The molecular weight excluding hydrogens is 328 g/mol. The van der Waals surface area contributed by atoms with E-state index in [4.69, 9.17) is 0 Å². The molecule has 5 heteroatoms. The number of aryl methyl sites for hydroxylation is 3. The monoisotopic (exact) mass is 358 g/mol. The molecule has 0 saturated heterocycles. The largest absolute Gasteiger partial charge is 0.356 e. The predicted octanol–water partition coefficient (Wildman–Crippen LogP) is 5.49. The van der Waals surface area contributed by atoms with E-state index in [2.05, 4.69) is 73.2 Å². The molecule has 0 saturated carbocycles. The highest BCUT2D eigenvalue weighted by molar-refractivity contribution is 7.99. The van der Waals surface area contributed by atoms with Crippen LogP contribution in [0.25, 0.3) is 0 Å². The van der Waals surface area contributed by atoms with Crippen molar-refractivity contribution in [2.45, 2.75) is 52.4 Å². The number of thioether (sulfide) groups is 1. The Morgan fingerprint density at radius 2 is 1.60 bits per heavy atom. The van der Waals surface area contributed by atoms with Gasteiger partial charge in [-0.3, -0.25) is 0 Å². The highest BCUT2D eigenvalue weighted by Gasteiger charge is 2.17. The topological polar surface area (TPSA) is 41.1 Å². The quantitative estimate of drug-likeness (QED) is 0.632. The molecule has 1 heterocycles. The van der Waals surface area contributed by atoms with E-state index >= 15 is 0 Å². The van der Waals surface area contributed by atoms with Crippen LogP contribution in [-0.2, 0) is 0 Å². The van der Waals surface area contributed by atoms with Gasteiger partial charge in [0.15, 0.2) is 0 Å². The third-order valence-corrected chi connectivity index (χ3v) is 4.98. The predicted molar refractivity (Wildman–Crippen MR) is 111 cm³/mol. The number of rotatable bonds is 8. The summed E-state index contributed by atoms with van der Waals surface area (Å²) in [6, 6.07) is 4.41. The van der Waals surface area contributed by atoms with E-state index in [0.717, 1.165) is 48.1 Å². The fraction of sp³-hybridized carbons (Fsp3) is 0.500. The van der Waals surface area contributed by atoms with Gasteiger partial charge < -0.3 is 10.2 Å². The first-order valence-corrected chi connectivity index (χ1v) is 10.2. The minimum atomic E-state index is 0.893. The van der Waals surface area contributed by atoms with Gasteiger partial charge in [-0.15, -0.1) is 11.8 Å². The third-order valence-electron chi connectivity index (χ3n) is 4.20. The van der Waals surface area contributed by atoms with Crippen LogP contribution in [0.1, 0.15) is 43.4 Å². The minimum absolute atomic E-state index is 0.893. The van der Waals surface area contributed by atoms with Gasteiger partial charge >= 0.3 is 0 Å². The van der Waals surface area contributed by atoms with E-state index in [1.54, 1.807) is 18.1 Å². The van der Waals surface area contributed by atoms with Crippen LogP contribution in [0.15, 0.2) is 23.4 Å². The molecule has 25 heavy (non-hydrogen) atoms. The van der Waals surface area contributed by atoms with Crippen molar-refractivity contribution < 1.29 is 0 Å².